The number of carbonyl (C=O) groups excluding carboxylic acids is 1. The normalized spacial score (nSPS) is 12.0. The second-order valence-electron chi connectivity index (χ2n) is 5.62. The predicted molar refractivity (Wildman–Crippen MR) is 101 cm³/mol. The Kier molecular flexibility index (Phi) is 6.81. The molecule has 0 fully saturated rings. The molecule has 2 aromatic rings. The fraction of sp³-hybridized carbons (Fsp3) is 0.238. The van der Waals surface area contributed by atoms with E-state index in [1.807, 2.05) is 50.2 Å². The van der Waals surface area contributed by atoms with Crippen molar-refractivity contribution in [3.63, 3.8) is 0 Å². The molecule has 0 saturated heterocycles. The molecular formula is C21H22N2O3. The lowest BCUT2D eigenvalue weighted by Crippen LogP contribution is -2.27. The van der Waals surface area contributed by atoms with Crippen LogP contribution in [0.3, 0.4) is 0 Å². The van der Waals surface area contributed by atoms with Crippen LogP contribution in [0.15, 0.2) is 54.1 Å². The van der Waals surface area contributed by atoms with Crippen LogP contribution in [0.2, 0.25) is 0 Å². The van der Waals surface area contributed by atoms with Crippen molar-refractivity contribution >= 4 is 12.0 Å². The van der Waals surface area contributed by atoms with E-state index in [9.17, 15) is 10.1 Å². The Morgan fingerprint density at radius 2 is 1.96 bits per heavy atom. The Balaban J connectivity index is 2.19. The third-order valence-electron chi connectivity index (χ3n) is 3.81. The molecular weight excluding hydrogens is 328 g/mol. The van der Waals surface area contributed by atoms with Crippen LogP contribution >= 0.6 is 0 Å². The molecule has 0 saturated carbocycles. The summed E-state index contributed by atoms with van der Waals surface area (Å²) in [6.07, 6.45) is 1.53. The summed E-state index contributed by atoms with van der Waals surface area (Å²) >= 11 is 0. The van der Waals surface area contributed by atoms with Crippen molar-refractivity contribution in [3.05, 3.63) is 65.2 Å². The van der Waals surface area contributed by atoms with Crippen LogP contribution in [0.25, 0.3) is 6.08 Å². The van der Waals surface area contributed by atoms with Gasteiger partial charge in [-0.25, -0.2) is 0 Å². The minimum Gasteiger partial charge on any atom is -0.493 e. The molecule has 0 radical (unpaired) electrons. The van der Waals surface area contributed by atoms with Gasteiger partial charge in [0, 0.05) is 0 Å². The van der Waals surface area contributed by atoms with Crippen LogP contribution in [0.1, 0.15) is 31.0 Å². The topological polar surface area (TPSA) is 71.3 Å². The van der Waals surface area contributed by atoms with Gasteiger partial charge >= 0.3 is 0 Å². The van der Waals surface area contributed by atoms with Gasteiger partial charge in [-0.2, -0.15) is 5.26 Å². The van der Waals surface area contributed by atoms with Crippen LogP contribution in [-0.2, 0) is 4.79 Å². The van der Waals surface area contributed by atoms with E-state index in [0.717, 1.165) is 5.56 Å². The summed E-state index contributed by atoms with van der Waals surface area (Å²) in [6, 6.07) is 16.6. The minimum absolute atomic E-state index is 0.0268. The molecule has 0 aliphatic carbocycles. The second-order valence-corrected chi connectivity index (χ2v) is 5.62. The highest BCUT2D eigenvalue weighted by molar-refractivity contribution is 6.01. The number of ether oxygens (including phenoxy) is 2. The third-order valence-corrected chi connectivity index (χ3v) is 3.81. The van der Waals surface area contributed by atoms with E-state index in [1.165, 1.54) is 6.08 Å². The highest BCUT2D eigenvalue weighted by Gasteiger charge is 2.14. The van der Waals surface area contributed by atoms with E-state index < -0.39 is 5.91 Å². The van der Waals surface area contributed by atoms with Gasteiger partial charge in [-0.05, 0) is 43.2 Å². The number of hydrogen-bond acceptors (Lipinski definition) is 4. The lowest BCUT2D eigenvalue weighted by Gasteiger charge is -2.14. The summed E-state index contributed by atoms with van der Waals surface area (Å²) < 4.78 is 10.8. The number of nitriles is 1. The van der Waals surface area contributed by atoms with Crippen LogP contribution in [0.5, 0.6) is 11.5 Å². The number of nitrogens with one attached hydrogen (secondary N) is 1. The molecule has 2 aromatic carbocycles. The first-order valence-electron chi connectivity index (χ1n) is 8.37. The average molecular weight is 350 g/mol. The van der Waals surface area contributed by atoms with Crippen molar-refractivity contribution in [2.75, 3.05) is 13.7 Å². The molecule has 1 N–H and O–H groups in total. The lowest BCUT2D eigenvalue weighted by atomic mass is 10.1. The minimum atomic E-state index is -0.420. The number of nitrogens with zero attached hydrogens (tertiary/aromatic N) is 1. The summed E-state index contributed by atoms with van der Waals surface area (Å²) in [5.41, 5.74) is 1.68. The van der Waals surface area contributed by atoms with E-state index in [-0.39, 0.29) is 11.6 Å². The van der Waals surface area contributed by atoms with Gasteiger partial charge < -0.3 is 14.8 Å². The summed E-state index contributed by atoms with van der Waals surface area (Å²) in [5.74, 6) is 0.750. The lowest BCUT2D eigenvalue weighted by molar-refractivity contribution is -0.117. The molecule has 2 rings (SSSR count). The van der Waals surface area contributed by atoms with Crippen molar-refractivity contribution in [2.24, 2.45) is 0 Å². The van der Waals surface area contributed by atoms with E-state index >= 15 is 0 Å². The fourth-order valence-electron chi connectivity index (χ4n) is 2.46. The van der Waals surface area contributed by atoms with Crippen molar-refractivity contribution < 1.29 is 14.3 Å². The highest BCUT2D eigenvalue weighted by atomic mass is 16.5. The maximum atomic E-state index is 12.4. The fourth-order valence-corrected chi connectivity index (χ4v) is 2.46. The number of rotatable bonds is 7. The Hall–Kier alpha value is -3.26. The molecule has 0 aliphatic rings. The van der Waals surface area contributed by atoms with Crippen LogP contribution in [0.4, 0.5) is 0 Å². The quantitative estimate of drug-likeness (QED) is 0.608. The molecule has 0 unspecified atom stereocenters. The first-order chi connectivity index (χ1) is 12.6. The number of methoxy groups -OCH3 is 1. The first-order valence-corrected chi connectivity index (χ1v) is 8.37. The molecule has 5 heteroatoms. The summed E-state index contributed by atoms with van der Waals surface area (Å²) in [5, 5.41) is 12.2. The second kappa shape index (κ2) is 9.28. The highest BCUT2D eigenvalue weighted by Crippen LogP contribution is 2.29. The Bertz CT molecular complexity index is 823. The molecule has 0 aliphatic heterocycles. The van der Waals surface area contributed by atoms with E-state index in [0.29, 0.717) is 23.7 Å². The van der Waals surface area contributed by atoms with Crippen LogP contribution in [-0.4, -0.2) is 19.6 Å². The average Bonchev–Trinajstić information content (AvgIpc) is 2.67. The van der Waals surface area contributed by atoms with Crippen molar-refractivity contribution in [1.29, 1.82) is 5.26 Å². The number of carbonyl (C=O) groups is 1. The van der Waals surface area contributed by atoms with Crippen molar-refractivity contribution in [1.82, 2.24) is 5.32 Å². The molecule has 1 amide bonds. The molecule has 0 spiro atoms. The molecule has 26 heavy (non-hydrogen) atoms. The van der Waals surface area contributed by atoms with Crippen molar-refractivity contribution in [2.45, 2.75) is 19.9 Å². The maximum absolute atomic E-state index is 12.4. The van der Waals surface area contributed by atoms with Gasteiger partial charge in [-0.15, -0.1) is 0 Å². The zero-order valence-corrected chi connectivity index (χ0v) is 15.2. The smallest absolute Gasteiger partial charge is 0.262 e. The molecule has 0 aromatic heterocycles. The molecule has 134 valence electrons. The van der Waals surface area contributed by atoms with E-state index in [1.54, 1.807) is 25.3 Å². The predicted octanol–water partition coefficient (Wildman–Crippen LogP) is 3.88. The first kappa shape index (κ1) is 19.1. The van der Waals surface area contributed by atoms with Gasteiger partial charge in [0.15, 0.2) is 11.5 Å². The van der Waals surface area contributed by atoms with E-state index in [4.69, 9.17) is 9.47 Å². The maximum Gasteiger partial charge on any atom is 0.262 e. The number of amides is 1. The zero-order chi connectivity index (χ0) is 18.9. The molecule has 5 nitrogen and oxygen atoms in total. The van der Waals surface area contributed by atoms with Gasteiger partial charge in [0.25, 0.3) is 5.91 Å². The monoisotopic (exact) mass is 350 g/mol. The third kappa shape index (κ3) is 4.87. The zero-order valence-electron chi connectivity index (χ0n) is 15.2. The van der Waals surface area contributed by atoms with Gasteiger partial charge in [-0.3, -0.25) is 4.79 Å². The van der Waals surface area contributed by atoms with Crippen LogP contribution < -0.4 is 14.8 Å². The largest absolute Gasteiger partial charge is 0.493 e. The van der Waals surface area contributed by atoms with Gasteiger partial charge in [0.2, 0.25) is 0 Å². The summed E-state index contributed by atoms with van der Waals surface area (Å²) in [4.78, 5) is 12.4. The number of hydrogen-bond donors (Lipinski definition) is 1. The molecule has 0 heterocycles. The molecule has 0 bridgehead atoms. The van der Waals surface area contributed by atoms with E-state index in [2.05, 4.69) is 5.32 Å². The Labute approximate surface area is 153 Å². The molecule has 1 atom stereocenters. The summed E-state index contributed by atoms with van der Waals surface area (Å²) in [6.45, 7) is 4.29. The SMILES string of the molecule is CCOc1ccc(/C=C(\C#N)C(=O)N[C@H](C)c2ccccc2)cc1OC. The van der Waals surface area contributed by atoms with Gasteiger partial charge in [-0.1, -0.05) is 36.4 Å². The van der Waals surface area contributed by atoms with Crippen molar-refractivity contribution in [3.8, 4) is 17.6 Å². The van der Waals surface area contributed by atoms with Crippen LogP contribution in [0, 0.1) is 11.3 Å². The Morgan fingerprint density at radius 1 is 1.23 bits per heavy atom. The van der Waals surface area contributed by atoms with Gasteiger partial charge in [0.1, 0.15) is 11.6 Å². The Morgan fingerprint density at radius 3 is 2.58 bits per heavy atom. The number of benzene rings is 2. The summed E-state index contributed by atoms with van der Waals surface area (Å²) in [7, 11) is 1.55. The van der Waals surface area contributed by atoms with Gasteiger partial charge in [0.05, 0.1) is 19.8 Å². The standard InChI is InChI=1S/C21H22N2O3/c1-4-26-19-11-10-16(13-20(19)25-3)12-18(14-22)21(24)23-15(2)17-8-6-5-7-9-17/h5-13,15H,4H2,1-3H3,(H,23,24)/b18-12+/t15-/m1/s1.